The van der Waals surface area contributed by atoms with E-state index >= 15 is 0 Å². The molecule has 0 bridgehead atoms. The summed E-state index contributed by atoms with van der Waals surface area (Å²) in [5.74, 6) is -0.684. The third-order valence-corrected chi connectivity index (χ3v) is 2.18. The molecular formula is C8H12N2O2S. The van der Waals surface area contributed by atoms with Crippen molar-refractivity contribution >= 4 is 23.3 Å². The molecule has 0 aromatic heterocycles. The van der Waals surface area contributed by atoms with Gasteiger partial charge in [0.25, 0.3) is 0 Å². The SMILES string of the molecule is C=C1NC(=S)NC(C)C1C(=O)OC. The van der Waals surface area contributed by atoms with Crippen LogP contribution in [0, 0.1) is 5.92 Å². The number of hydrogen-bond donors (Lipinski definition) is 2. The first-order chi connectivity index (χ1) is 6.06. The number of nitrogens with one attached hydrogen (secondary N) is 2. The van der Waals surface area contributed by atoms with E-state index in [1.165, 1.54) is 7.11 Å². The molecule has 0 spiro atoms. The van der Waals surface area contributed by atoms with Crippen molar-refractivity contribution in [2.75, 3.05) is 7.11 Å². The van der Waals surface area contributed by atoms with Gasteiger partial charge >= 0.3 is 5.97 Å². The highest BCUT2D eigenvalue weighted by molar-refractivity contribution is 7.80. The molecule has 0 amide bonds. The van der Waals surface area contributed by atoms with E-state index in [0.717, 1.165) is 0 Å². The lowest BCUT2D eigenvalue weighted by atomic mass is 9.96. The molecule has 1 aliphatic rings. The summed E-state index contributed by atoms with van der Waals surface area (Å²) in [7, 11) is 1.36. The largest absolute Gasteiger partial charge is 0.468 e. The normalized spacial score (nSPS) is 27.5. The number of methoxy groups -OCH3 is 1. The van der Waals surface area contributed by atoms with Crippen LogP contribution in [0.4, 0.5) is 0 Å². The topological polar surface area (TPSA) is 50.4 Å². The monoisotopic (exact) mass is 200 g/mol. The van der Waals surface area contributed by atoms with Gasteiger partial charge in [0.1, 0.15) is 5.92 Å². The average Bonchev–Trinajstić information content (AvgIpc) is 2.02. The molecule has 5 heteroatoms. The highest BCUT2D eigenvalue weighted by Gasteiger charge is 2.33. The van der Waals surface area contributed by atoms with Crippen LogP contribution in [0.25, 0.3) is 0 Å². The third kappa shape index (κ3) is 1.98. The predicted octanol–water partition coefficient (Wildman–Crippen LogP) is 0.155. The maximum absolute atomic E-state index is 11.3. The van der Waals surface area contributed by atoms with Gasteiger partial charge in [0.15, 0.2) is 5.11 Å². The van der Waals surface area contributed by atoms with Gasteiger partial charge in [0.05, 0.1) is 7.11 Å². The van der Waals surface area contributed by atoms with E-state index in [-0.39, 0.29) is 17.9 Å². The van der Waals surface area contributed by atoms with E-state index in [9.17, 15) is 4.79 Å². The van der Waals surface area contributed by atoms with Crippen LogP contribution in [-0.2, 0) is 9.53 Å². The van der Waals surface area contributed by atoms with Crippen molar-refractivity contribution in [3.8, 4) is 0 Å². The molecule has 2 atom stereocenters. The van der Waals surface area contributed by atoms with E-state index in [1.807, 2.05) is 6.92 Å². The molecule has 0 radical (unpaired) electrons. The quantitative estimate of drug-likeness (QED) is 0.466. The van der Waals surface area contributed by atoms with Crippen LogP contribution >= 0.6 is 12.2 Å². The number of ether oxygens (including phenoxy) is 1. The lowest BCUT2D eigenvalue weighted by molar-refractivity contribution is -0.145. The minimum absolute atomic E-state index is 0.0753. The van der Waals surface area contributed by atoms with Crippen LogP contribution in [0.1, 0.15) is 6.92 Å². The summed E-state index contributed by atoms with van der Waals surface area (Å²) in [6.45, 7) is 5.59. The standard InChI is InChI=1S/C8H12N2O2S/c1-4-6(7(11)12-3)5(2)10-8(13)9-4/h5-6H,1H2,2-3H3,(H2,9,10,13). The van der Waals surface area contributed by atoms with Gasteiger partial charge in [-0.2, -0.15) is 0 Å². The fourth-order valence-corrected chi connectivity index (χ4v) is 1.64. The van der Waals surface area contributed by atoms with Crippen molar-refractivity contribution in [1.29, 1.82) is 0 Å². The Hall–Kier alpha value is -1.10. The Kier molecular flexibility index (Phi) is 2.87. The maximum Gasteiger partial charge on any atom is 0.316 e. The van der Waals surface area contributed by atoms with Crippen LogP contribution in [0.2, 0.25) is 0 Å². The van der Waals surface area contributed by atoms with Gasteiger partial charge in [0, 0.05) is 11.7 Å². The fraction of sp³-hybridized carbons (Fsp3) is 0.500. The van der Waals surface area contributed by atoms with Crippen molar-refractivity contribution in [2.24, 2.45) is 5.92 Å². The van der Waals surface area contributed by atoms with Gasteiger partial charge < -0.3 is 15.4 Å². The number of hydrogen-bond acceptors (Lipinski definition) is 3. The number of carbonyl (C=O) groups is 1. The molecule has 0 aliphatic carbocycles. The summed E-state index contributed by atoms with van der Waals surface area (Å²) < 4.78 is 4.64. The molecule has 1 aliphatic heterocycles. The summed E-state index contributed by atoms with van der Waals surface area (Å²) in [6, 6.07) is -0.0753. The molecule has 0 saturated carbocycles. The Balaban J connectivity index is 2.78. The Morgan fingerprint density at radius 2 is 2.31 bits per heavy atom. The zero-order chi connectivity index (χ0) is 10.0. The van der Waals surface area contributed by atoms with Crippen LogP contribution in [0.3, 0.4) is 0 Å². The lowest BCUT2D eigenvalue weighted by Crippen LogP contribution is -2.54. The molecule has 1 rings (SSSR count). The molecule has 72 valence electrons. The predicted molar refractivity (Wildman–Crippen MR) is 53.0 cm³/mol. The molecule has 1 saturated heterocycles. The van der Waals surface area contributed by atoms with Crippen LogP contribution in [-0.4, -0.2) is 24.2 Å². The van der Waals surface area contributed by atoms with Crippen LogP contribution < -0.4 is 10.6 Å². The van der Waals surface area contributed by atoms with Crippen LogP contribution in [0.15, 0.2) is 12.3 Å². The van der Waals surface area contributed by atoms with Crippen molar-refractivity contribution < 1.29 is 9.53 Å². The summed E-state index contributed by atoms with van der Waals surface area (Å²) in [4.78, 5) is 11.3. The van der Waals surface area contributed by atoms with Gasteiger partial charge in [-0.3, -0.25) is 4.79 Å². The molecule has 1 fully saturated rings. The molecular weight excluding hydrogens is 188 g/mol. The van der Waals surface area contributed by atoms with Crippen molar-refractivity contribution in [1.82, 2.24) is 10.6 Å². The van der Waals surface area contributed by atoms with Gasteiger partial charge in [0.2, 0.25) is 0 Å². The fourth-order valence-electron chi connectivity index (χ4n) is 1.32. The Morgan fingerprint density at radius 3 is 2.77 bits per heavy atom. The molecule has 1 heterocycles. The third-order valence-electron chi connectivity index (χ3n) is 1.96. The summed E-state index contributed by atoms with van der Waals surface area (Å²) in [5.41, 5.74) is 0.586. The van der Waals surface area contributed by atoms with Crippen molar-refractivity contribution in [2.45, 2.75) is 13.0 Å². The molecule has 4 nitrogen and oxygen atoms in total. The molecule has 13 heavy (non-hydrogen) atoms. The molecule has 2 N–H and O–H groups in total. The highest BCUT2D eigenvalue weighted by Crippen LogP contribution is 2.16. The van der Waals surface area contributed by atoms with Gasteiger partial charge in [-0.25, -0.2) is 0 Å². The number of thiocarbonyl (C=S) groups is 1. The minimum Gasteiger partial charge on any atom is -0.468 e. The number of rotatable bonds is 1. The maximum atomic E-state index is 11.3. The Bertz CT molecular complexity index is 265. The molecule has 0 aromatic rings. The van der Waals surface area contributed by atoms with E-state index in [0.29, 0.717) is 10.8 Å². The van der Waals surface area contributed by atoms with Gasteiger partial charge in [-0.05, 0) is 19.1 Å². The first kappa shape index (κ1) is 9.98. The number of carbonyl (C=O) groups excluding carboxylic acids is 1. The second-order valence-corrected chi connectivity index (χ2v) is 3.32. The van der Waals surface area contributed by atoms with E-state index in [4.69, 9.17) is 12.2 Å². The lowest BCUT2D eigenvalue weighted by Gasteiger charge is -2.31. The average molecular weight is 200 g/mol. The minimum atomic E-state index is -0.378. The van der Waals surface area contributed by atoms with Gasteiger partial charge in [-0.1, -0.05) is 6.58 Å². The summed E-state index contributed by atoms with van der Waals surface area (Å²) >= 11 is 4.90. The van der Waals surface area contributed by atoms with Crippen molar-refractivity contribution in [3.63, 3.8) is 0 Å². The zero-order valence-electron chi connectivity index (χ0n) is 7.59. The first-order valence-electron chi connectivity index (χ1n) is 3.90. The zero-order valence-corrected chi connectivity index (χ0v) is 8.40. The van der Waals surface area contributed by atoms with E-state index in [1.54, 1.807) is 0 Å². The molecule has 0 aromatic carbocycles. The van der Waals surface area contributed by atoms with Crippen molar-refractivity contribution in [3.05, 3.63) is 12.3 Å². The highest BCUT2D eigenvalue weighted by atomic mass is 32.1. The summed E-state index contributed by atoms with van der Waals surface area (Å²) in [5, 5.41) is 6.23. The Morgan fingerprint density at radius 1 is 1.69 bits per heavy atom. The van der Waals surface area contributed by atoms with E-state index in [2.05, 4.69) is 21.9 Å². The second-order valence-electron chi connectivity index (χ2n) is 2.91. The smallest absolute Gasteiger partial charge is 0.316 e. The Labute approximate surface area is 82.3 Å². The second kappa shape index (κ2) is 3.74. The summed E-state index contributed by atoms with van der Waals surface area (Å²) in [6.07, 6.45) is 0. The molecule has 2 unspecified atom stereocenters. The van der Waals surface area contributed by atoms with E-state index < -0.39 is 0 Å². The number of esters is 1. The first-order valence-corrected chi connectivity index (χ1v) is 4.31. The van der Waals surface area contributed by atoms with Crippen LogP contribution in [0.5, 0.6) is 0 Å². The van der Waals surface area contributed by atoms with Gasteiger partial charge in [-0.15, -0.1) is 0 Å².